The third-order valence-electron chi connectivity index (χ3n) is 9.98. The number of anilines is 2. The highest BCUT2D eigenvalue weighted by Gasteiger charge is 2.35. The Bertz CT molecular complexity index is 2460. The van der Waals surface area contributed by atoms with E-state index in [2.05, 4.69) is 181 Å². The van der Waals surface area contributed by atoms with Crippen LogP contribution in [-0.2, 0) is 5.41 Å². The summed E-state index contributed by atoms with van der Waals surface area (Å²) in [5.41, 5.74) is 16.0. The van der Waals surface area contributed by atoms with Gasteiger partial charge in [-0.05, 0) is 93.5 Å². The molecule has 8 aromatic rings. The van der Waals surface area contributed by atoms with Gasteiger partial charge in [-0.25, -0.2) is 0 Å². The quantitative estimate of drug-likeness (QED) is 0.207. The first-order valence-electron chi connectivity index (χ1n) is 16.4. The summed E-state index contributed by atoms with van der Waals surface area (Å²) in [6, 6.07) is 59.4. The number of hydrogen-bond donors (Lipinski definition) is 1. The van der Waals surface area contributed by atoms with Crippen LogP contribution in [0.4, 0.5) is 11.4 Å². The SMILES string of the molecule is CC1(C)c2ccccc2-c2ccc(-n3c4ccccc4c4cc(-c5cccc(-c6ccccc6Nc6ccccc6)c5)ccc43)cc21. The van der Waals surface area contributed by atoms with E-state index in [4.69, 9.17) is 0 Å². The molecular formula is C45H34N2. The number of benzene rings is 7. The van der Waals surface area contributed by atoms with Gasteiger partial charge in [0.2, 0.25) is 0 Å². The van der Waals surface area contributed by atoms with Gasteiger partial charge in [0.05, 0.1) is 11.0 Å². The van der Waals surface area contributed by atoms with E-state index in [1.807, 2.05) is 6.07 Å². The molecule has 0 radical (unpaired) electrons. The minimum atomic E-state index is -0.0475. The van der Waals surface area contributed by atoms with E-state index in [0.29, 0.717) is 0 Å². The Morgan fingerprint density at radius 1 is 0.447 bits per heavy atom. The topological polar surface area (TPSA) is 17.0 Å². The molecule has 0 fully saturated rings. The van der Waals surface area contributed by atoms with Crippen LogP contribution in [-0.4, -0.2) is 4.57 Å². The lowest BCUT2D eigenvalue weighted by atomic mass is 9.82. The fourth-order valence-electron chi connectivity index (χ4n) is 7.65. The number of para-hydroxylation sites is 3. The zero-order valence-electron chi connectivity index (χ0n) is 26.5. The summed E-state index contributed by atoms with van der Waals surface area (Å²) in [6.45, 7) is 4.70. The Morgan fingerprint density at radius 2 is 1.13 bits per heavy atom. The number of fused-ring (bicyclic) bond motifs is 6. The molecule has 224 valence electrons. The van der Waals surface area contributed by atoms with Crippen LogP contribution in [0, 0.1) is 0 Å². The molecule has 0 saturated heterocycles. The minimum absolute atomic E-state index is 0.0475. The number of hydrogen-bond acceptors (Lipinski definition) is 1. The standard InChI is InChI=1S/C45H34N2/c1-45(2)40-20-9-6-18-36(40)37-25-24-34(29-41(37)45)47-43-22-11-8-19-38(43)39-28-31(23-26-44(39)47)30-13-12-14-32(27-30)35-17-7-10-21-42(35)46-33-15-4-3-5-16-33/h3-29,46H,1-2H3. The van der Waals surface area contributed by atoms with E-state index in [1.165, 1.54) is 72.0 Å². The fourth-order valence-corrected chi connectivity index (χ4v) is 7.65. The maximum atomic E-state index is 3.62. The zero-order chi connectivity index (χ0) is 31.5. The Morgan fingerprint density at radius 3 is 2.02 bits per heavy atom. The third-order valence-corrected chi connectivity index (χ3v) is 9.98. The molecule has 7 aromatic carbocycles. The van der Waals surface area contributed by atoms with Crippen LogP contribution in [0.2, 0.25) is 0 Å². The summed E-state index contributed by atoms with van der Waals surface area (Å²) in [7, 11) is 0. The van der Waals surface area contributed by atoms with E-state index in [-0.39, 0.29) is 5.41 Å². The first-order chi connectivity index (χ1) is 23.1. The number of rotatable bonds is 5. The molecule has 0 saturated carbocycles. The molecule has 0 amide bonds. The van der Waals surface area contributed by atoms with Crippen molar-refractivity contribution in [3.8, 4) is 39.1 Å². The lowest BCUT2D eigenvalue weighted by molar-refractivity contribution is 0.660. The highest BCUT2D eigenvalue weighted by atomic mass is 15.0. The predicted molar refractivity (Wildman–Crippen MR) is 199 cm³/mol. The molecule has 2 nitrogen and oxygen atoms in total. The van der Waals surface area contributed by atoms with E-state index in [1.54, 1.807) is 0 Å². The third kappa shape index (κ3) is 4.40. The molecule has 0 aliphatic heterocycles. The smallest absolute Gasteiger partial charge is 0.0541 e. The van der Waals surface area contributed by atoms with Crippen molar-refractivity contribution in [1.29, 1.82) is 0 Å². The maximum absolute atomic E-state index is 3.62. The van der Waals surface area contributed by atoms with Gasteiger partial charge >= 0.3 is 0 Å². The molecular weight excluding hydrogens is 569 g/mol. The Labute approximate surface area is 275 Å². The highest BCUT2D eigenvalue weighted by Crippen LogP contribution is 2.49. The summed E-state index contributed by atoms with van der Waals surface area (Å²) in [6.07, 6.45) is 0. The first-order valence-corrected chi connectivity index (χ1v) is 16.4. The van der Waals surface area contributed by atoms with Crippen LogP contribution in [0.25, 0.3) is 60.9 Å². The maximum Gasteiger partial charge on any atom is 0.0541 e. The van der Waals surface area contributed by atoms with E-state index >= 15 is 0 Å². The van der Waals surface area contributed by atoms with Gasteiger partial charge in [0.15, 0.2) is 0 Å². The molecule has 0 bridgehead atoms. The lowest BCUT2D eigenvalue weighted by Crippen LogP contribution is -2.15. The number of nitrogens with one attached hydrogen (secondary N) is 1. The molecule has 0 atom stereocenters. The summed E-state index contributed by atoms with van der Waals surface area (Å²) in [4.78, 5) is 0. The van der Waals surface area contributed by atoms with Crippen LogP contribution < -0.4 is 5.32 Å². The van der Waals surface area contributed by atoms with Crippen LogP contribution >= 0.6 is 0 Å². The normalized spacial score (nSPS) is 13.1. The predicted octanol–water partition coefficient (Wildman–Crippen LogP) is 12.2. The summed E-state index contributed by atoms with van der Waals surface area (Å²) in [5, 5.41) is 6.14. The molecule has 0 unspecified atom stereocenters. The van der Waals surface area contributed by atoms with Crippen molar-refractivity contribution >= 4 is 33.2 Å². The van der Waals surface area contributed by atoms with Gasteiger partial charge in [-0.15, -0.1) is 0 Å². The van der Waals surface area contributed by atoms with Crippen molar-refractivity contribution in [2.45, 2.75) is 19.3 Å². The Balaban J connectivity index is 1.15. The summed E-state index contributed by atoms with van der Waals surface area (Å²) >= 11 is 0. The second-order valence-electron chi connectivity index (χ2n) is 13.1. The van der Waals surface area contributed by atoms with E-state index in [0.717, 1.165) is 11.4 Å². The molecule has 1 N–H and O–H groups in total. The Hall–Kier alpha value is -5.86. The molecule has 1 aromatic heterocycles. The van der Waals surface area contributed by atoms with Crippen LogP contribution in [0.3, 0.4) is 0 Å². The van der Waals surface area contributed by atoms with Crippen molar-refractivity contribution in [3.63, 3.8) is 0 Å². The number of nitrogens with zero attached hydrogens (tertiary/aromatic N) is 1. The van der Waals surface area contributed by atoms with Crippen molar-refractivity contribution in [1.82, 2.24) is 4.57 Å². The number of aromatic nitrogens is 1. The van der Waals surface area contributed by atoms with E-state index < -0.39 is 0 Å². The van der Waals surface area contributed by atoms with E-state index in [9.17, 15) is 0 Å². The largest absolute Gasteiger partial charge is 0.355 e. The minimum Gasteiger partial charge on any atom is -0.355 e. The summed E-state index contributed by atoms with van der Waals surface area (Å²) < 4.78 is 2.44. The van der Waals surface area contributed by atoms with Gasteiger partial charge in [0.1, 0.15) is 0 Å². The van der Waals surface area contributed by atoms with Gasteiger partial charge < -0.3 is 9.88 Å². The van der Waals surface area contributed by atoms with Crippen LogP contribution in [0.15, 0.2) is 164 Å². The van der Waals surface area contributed by atoms with Crippen molar-refractivity contribution < 1.29 is 0 Å². The molecule has 9 rings (SSSR count). The molecule has 1 heterocycles. The Kier molecular flexibility index (Phi) is 6.20. The molecule has 2 heteroatoms. The molecule has 0 spiro atoms. The van der Waals surface area contributed by atoms with Gasteiger partial charge in [0.25, 0.3) is 0 Å². The lowest BCUT2D eigenvalue weighted by Gasteiger charge is -2.22. The second-order valence-corrected chi connectivity index (χ2v) is 13.1. The van der Waals surface area contributed by atoms with Gasteiger partial charge in [-0.1, -0.05) is 123 Å². The average Bonchev–Trinajstić information content (AvgIpc) is 3.57. The van der Waals surface area contributed by atoms with Gasteiger partial charge in [0, 0.05) is 38.8 Å². The molecule has 1 aliphatic carbocycles. The van der Waals surface area contributed by atoms with Crippen LogP contribution in [0.5, 0.6) is 0 Å². The molecule has 1 aliphatic rings. The van der Waals surface area contributed by atoms with Crippen molar-refractivity contribution in [2.75, 3.05) is 5.32 Å². The van der Waals surface area contributed by atoms with Crippen LogP contribution in [0.1, 0.15) is 25.0 Å². The first kappa shape index (κ1) is 27.5. The monoisotopic (exact) mass is 602 g/mol. The van der Waals surface area contributed by atoms with Gasteiger partial charge in [-0.2, -0.15) is 0 Å². The second kappa shape index (κ2) is 10.6. The zero-order valence-corrected chi connectivity index (χ0v) is 26.5. The van der Waals surface area contributed by atoms with Crippen molar-refractivity contribution in [2.24, 2.45) is 0 Å². The fraction of sp³-hybridized carbons (Fsp3) is 0.0667. The average molecular weight is 603 g/mol. The van der Waals surface area contributed by atoms with Crippen molar-refractivity contribution in [3.05, 3.63) is 175 Å². The van der Waals surface area contributed by atoms with Gasteiger partial charge in [-0.3, -0.25) is 0 Å². The highest BCUT2D eigenvalue weighted by molar-refractivity contribution is 6.10. The summed E-state index contributed by atoms with van der Waals surface area (Å²) in [5.74, 6) is 0. The molecule has 47 heavy (non-hydrogen) atoms.